The Kier molecular flexibility index (Phi) is 4.76. The molecule has 0 saturated heterocycles. The monoisotopic (exact) mass is 499 g/mol. The number of benzene rings is 2. The summed E-state index contributed by atoms with van der Waals surface area (Å²) in [6.07, 6.45) is 3.21. The summed E-state index contributed by atoms with van der Waals surface area (Å²) >= 11 is 7.19. The zero-order chi connectivity index (χ0) is 23.7. The van der Waals surface area contributed by atoms with E-state index < -0.39 is 17.2 Å². The maximum atomic E-state index is 14.4. The minimum Gasteiger partial charge on any atom is -0.505 e. The molecular weight excluding hydrogens is 484 g/mol. The number of phenols is 1. The molecule has 6 nitrogen and oxygen atoms in total. The van der Waals surface area contributed by atoms with Crippen molar-refractivity contribution >= 4 is 43.2 Å². The van der Waals surface area contributed by atoms with Crippen molar-refractivity contribution in [3.63, 3.8) is 0 Å². The lowest BCUT2D eigenvalue weighted by Crippen LogP contribution is -2.24. The number of hydrogen-bond donors (Lipinski definition) is 1. The molecule has 0 unspecified atom stereocenters. The average molecular weight is 500 g/mol. The zero-order valence-corrected chi connectivity index (χ0v) is 19.3. The van der Waals surface area contributed by atoms with Crippen LogP contribution in [0, 0.1) is 18.6 Å². The normalized spacial score (nSPS) is 13.9. The number of rotatable bonds is 4. The SMILES string of the molecule is Cc1ncc(Cn2c(-c3cc(F)c(F)cc3C3CC3)nc3sc4c(O)c(Cl)ccc4c3c2=O)o1. The van der Waals surface area contributed by atoms with E-state index in [-0.39, 0.29) is 29.1 Å². The molecule has 0 aliphatic heterocycles. The quantitative estimate of drug-likeness (QED) is 0.321. The van der Waals surface area contributed by atoms with Crippen LogP contribution < -0.4 is 5.56 Å². The first-order valence-corrected chi connectivity index (χ1v) is 11.8. The second kappa shape index (κ2) is 7.61. The van der Waals surface area contributed by atoms with Gasteiger partial charge in [0.2, 0.25) is 0 Å². The van der Waals surface area contributed by atoms with Crippen molar-refractivity contribution in [2.75, 3.05) is 0 Å². The summed E-state index contributed by atoms with van der Waals surface area (Å²) in [6, 6.07) is 5.47. The first-order valence-electron chi connectivity index (χ1n) is 10.6. The summed E-state index contributed by atoms with van der Waals surface area (Å²) in [7, 11) is 0. The fourth-order valence-corrected chi connectivity index (χ4v) is 5.58. The minimum absolute atomic E-state index is 0.00202. The van der Waals surface area contributed by atoms with E-state index in [0.717, 1.165) is 30.2 Å². The number of aromatic hydroxyl groups is 1. The Balaban J connectivity index is 1.70. The van der Waals surface area contributed by atoms with Gasteiger partial charge in [0.1, 0.15) is 16.4 Å². The molecule has 0 amide bonds. The van der Waals surface area contributed by atoms with E-state index in [1.165, 1.54) is 22.9 Å². The van der Waals surface area contributed by atoms with E-state index in [0.29, 0.717) is 43.1 Å². The van der Waals surface area contributed by atoms with Gasteiger partial charge in [0.05, 0.1) is 27.9 Å². The van der Waals surface area contributed by atoms with Gasteiger partial charge in [-0.3, -0.25) is 9.36 Å². The van der Waals surface area contributed by atoms with E-state index in [1.807, 2.05) is 0 Å². The van der Waals surface area contributed by atoms with Gasteiger partial charge >= 0.3 is 0 Å². The molecule has 1 aliphatic rings. The molecule has 2 aromatic carbocycles. The molecule has 5 aromatic rings. The molecule has 34 heavy (non-hydrogen) atoms. The van der Waals surface area contributed by atoms with Crippen molar-refractivity contribution in [2.45, 2.75) is 32.2 Å². The Morgan fingerprint density at radius 2 is 2.03 bits per heavy atom. The highest BCUT2D eigenvalue weighted by Gasteiger charge is 2.30. The highest BCUT2D eigenvalue weighted by atomic mass is 35.5. The molecule has 1 fully saturated rings. The Bertz CT molecular complexity index is 1690. The number of hydrogen-bond acceptors (Lipinski definition) is 6. The van der Waals surface area contributed by atoms with Gasteiger partial charge in [0, 0.05) is 17.9 Å². The van der Waals surface area contributed by atoms with Gasteiger partial charge < -0.3 is 9.52 Å². The third-order valence-corrected chi connectivity index (χ3v) is 7.43. The minimum atomic E-state index is -1.02. The maximum absolute atomic E-state index is 14.4. The molecule has 6 rings (SSSR count). The third-order valence-electron chi connectivity index (χ3n) is 6.02. The number of halogens is 3. The molecule has 1 N–H and O–H groups in total. The summed E-state index contributed by atoms with van der Waals surface area (Å²) in [4.78, 5) is 23.0. The van der Waals surface area contributed by atoms with Gasteiger partial charge in [0.15, 0.2) is 23.3 Å². The van der Waals surface area contributed by atoms with Crippen LogP contribution in [0.1, 0.15) is 36.0 Å². The highest BCUT2D eigenvalue weighted by Crippen LogP contribution is 2.46. The largest absolute Gasteiger partial charge is 0.505 e. The Hall–Kier alpha value is -3.30. The second-order valence-electron chi connectivity index (χ2n) is 8.36. The third kappa shape index (κ3) is 3.30. The van der Waals surface area contributed by atoms with Crippen LogP contribution in [0.5, 0.6) is 5.75 Å². The fraction of sp³-hybridized carbons (Fsp3) is 0.208. The average Bonchev–Trinajstić information content (AvgIpc) is 3.46. The molecule has 3 heterocycles. The summed E-state index contributed by atoms with van der Waals surface area (Å²) < 4.78 is 36.0. The van der Waals surface area contributed by atoms with Gasteiger partial charge in [0.25, 0.3) is 5.56 Å². The second-order valence-corrected chi connectivity index (χ2v) is 9.76. The van der Waals surface area contributed by atoms with Crippen LogP contribution in [-0.2, 0) is 6.54 Å². The molecule has 0 atom stereocenters. The number of fused-ring (bicyclic) bond motifs is 3. The molecule has 10 heteroatoms. The van der Waals surface area contributed by atoms with Gasteiger partial charge in [-0.15, -0.1) is 11.3 Å². The van der Waals surface area contributed by atoms with Gasteiger partial charge in [-0.2, -0.15) is 0 Å². The lowest BCUT2D eigenvalue weighted by molar-refractivity contribution is 0.460. The smallest absolute Gasteiger partial charge is 0.263 e. The predicted octanol–water partition coefficient (Wildman–Crippen LogP) is 6.14. The van der Waals surface area contributed by atoms with E-state index >= 15 is 0 Å². The van der Waals surface area contributed by atoms with Crippen molar-refractivity contribution in [1.82, 2.24) is 14.5 Å². The van der Waals surface area contributed by atoms with Crippen LogP contribution in [0.15, 0.2) is 39.7 Å². The number of aryl methyl sites for hydroxylation is 1. The Labute approximate surface area is 200 Å². The number of aromatic nitrogens is 3. The van der Waals surface area contributed by atoms with Crippen LogP contribution in [-0.4, -0.2) is 19.6 Å². The molecular formula is C24H16ClF2N3O3S. The molecule has 0 bridgehead atoms. The molecule has 1 aliphatic carbocycles. The molecule has 3 aromatic heterocycles. The van der Waals surface area contributed by atoms with Gasteiger partial charge in [-0.05, 0) is 42.5 Å². The van der Waals surface area contributed by atoms with E-state index in [1.54, 1.807) is 13.0 Å². The Morgan fingerprint density at radius 1 is 1.26 bits per heavy atom. The van der Waals surface area contributed by atoms with E-state index in [9.17, 15) is 18.7 Å². The summed E-state index contributed by atoms with van der Waals surface area (Å²) in [5.74, 6) is -0.960. The topological polar surface area (TPSA) is 81.1 Å². The zero-order valence-electron chi connectivity index (χ0n) is 17.7. The van der Waals surface area contributed by atoms with E-state index in [4.69, 9.17) is 21.0 Å². The molecule has 0 radical (unpaired) electrons. The summed E-state index contributed by atoms with van der Waals surface area (Å²) in [6.45, 7) is 1.69. The standard InChI is InChI=1S/C24H16ClF2N3O3S/c1-10-28-8-12(33-10)9-30-22(15-7-18(27)17(26)6-14(15)11-2-3-11)29-23-19(24(30)32)13-4-5-16(25)20(31)21(13)34-23/h4-8,11,31H,2-3,9H2,1H3. The van der Waals surface area contributed by atoms with Crippen LogP contribution in [0.25, 0.3) is 31.7 Å². The Morgan fingerprint density at radius 3 is 2.74 bits per heavy atom. The molecule has 1 saturated carbocycles. The van der Waals surface area contributed by atoms with Crippen molar-refractivity contribution in [2.24, 2.45) is 0 Å². The number of phenolic OH excluding ortho intramolecular Hbond substituents is 1. The van der Waals surface area contributed by atoms with E-state index in [2.05, 4.69) is 4.98 Å². The summed E-state index contributed by atoms with van der Waals surface area (Å²) in [5.41, 5.74) is 0.574. The lowest BCUT2D eigenvalue weighted by Gasteiger charge is -2.15. The molecule has 0 spiro atoms. The fourth-order valence-electron chi connectivity index (χ4n) is 4.26. The first kappa shape index (κ1) is 21.2. The first-order chi connectivity index (χ1) is 16.3. The van der Waals surface area contributed by atoms with Gasteiger partial charge in [-0.25, -0.2) is 18.7 Å². The highest BCUT2D eigenvalue weighted by molar-refractivity contribution is 7.25. The van der Waals surface area contributed by atoms with Crippen LogP contribution in [0.4, 0.5) is 8.78 Å². The van der Waals surface area contributed by atoms with Crippen LogP contribution >= 0.6 is 22.9 Å². The van der Waals surface area contributed by atoms with Crippen molar-refractivity contribution in [3.05, 3.63) is 74.7 Å². The van der Waals surface area contributed by atoms with Crippen molar-refractivity contribution in [1.29, 1.82) is 0 Å². The van der Waals surface area contributed by atoms with Gasteiger partial charge in [-0.1, -0.05) is 17.7 Å². The maximum Gasteiger partial charge on any atom is 0.263 e. The lowest BCUT2D eigenvalue weighted by atomic mass is 10.0. The van der Waals surface area contributed by atoms with Crippen molar-refractivity contribution < 1.29 is 18.3 Å². The number of thiophene rings is 1. The number of nitrogens with zero attached hydrogens (tertiary/aromatic N) is 3. The molecule has 172 valence electrons. The summed E-state index contributed by atoms with van der Waals surface area (Å²) in [5, 5.41) is 11.4. The predicted molar refractivity (Wildman–Crippen MR) is 126 cm³/mol. The van der Waals surface area contributed by atoms with Crippen molar-refractivity contribution in [3.8, 4) is 17.1 Å². The number of oxazole rings is 1. The van der Waals surface area contributed by atoms with Crippen LogP contribution in [0.2, 0.25) is 5.02 Å². The van der Waals surface area contributed by atoms with Crippen LogP contribution in [0.3, 0.4) is 0 Å².